The van der Waals surface area contributed by atoms with Crippen LogP contribution >= 0.6 is 0 Å². The maximum Gasteiger partial charge on any atom is 0.264 e. The summed E-state index contributed by atoms with van der Waals surface area (Å²) in [5.74, 6) is 0. The minimum absolute atomic E-state index is 0.00507. The zero-order valence-corrected chi connectivity index (χ0v) is 32.4. The standard InChI is InChI=1S/C12H17N3O2S.2C12H17NO2S/c1-3-5-10-7-8-11(6-4-2)12(9-10)18(16,17)15-14-13;1-3-4-10-5-6-11-7-9(2)13-16(14,15)12(11)8-10;1-3-5-9-6-7-10-11(4-2)13-16(14,15)12(10)8-9/h7-9H,3-6H2,1-2H3;5-6,8-9,13H,3-4,7H2,1-2H3;6-8,11,13H,3-5H2,1-2H3. The van der Waals surface area contributed by atoms with E-state index in [1.54, 1.807) is 6.07 Å². The quantitative estimate of drug-likeness (QED) is 0.115. The van der Waals surface area contributed by atoms with E-state index < -0.39 is 30.1 Å². The lowest BCUT2D eigenvalue weighted by Crippen LogP contribution is -2.39. The second kappa shape index (κ2) is 18.3. The van der Waals surface area contributed by atoms with Crippen molar-refractivity contribution in [1.82, 2.24) is 9.44 Å². The van der Waals surface area contributed by atoms with Crippen molar-refractivity contribution < 1.29 is 25.3 Å². The smallest absolute Gasteiger partial charge is 0.216 e. The van der Waals surface area contributed by atoms with Crippen molar-refractivity contribution in [2.75, 3.05) is 0 Å². The van der Waals surface area contributed by atoms with Gasteiger partial charge in [-0.3, -0.25) is 0 Å². The molecule has 2 N–H and O–H groups in total. The van der Waals surface area contributed by atoms with Gasteiger partial charge in [-0.1, -0.05) is 96.7 Å². The SMILES string of the molecule is CCCc1ccc(CCC)c(S(=O)(=O)N=[N+]=[N-])c1.CCCc1ccc2c(c1)S(=O)(=O)NC(C)C2.CCCc1ccc2c(c1)S(=O)(=O)NC2CC. The first-order chi connectivity index (χ1) is 23.7. The van der Waals surface area contributed by atoms with Crippen LogP contribution in [0.3, 0.4) is 0 Å². The zero-order chi connectivity index (χ0) is 37.1. The molecule has 3 aromatic rings. The summed E-state index contributed by atoms with van der Waals surface area (Å²) in [6.07, 6.45) is 8.73. The van der Waals surface area contributed by atoms with Gasteiger partial charge in [0.1, 0.15) is 0 Å². The van der Waals surface area contributed by atoms with Crippen molar-refractivity contribution in [3.63, 3.8) is 0 Å². The minimum atomic E-state index is -3.90. The number of sulfonamides is 3. The Hall–Kier alpha value is -3.26. The summed E-state index contributed by atoms with van der Waals surface area (Å²) in [5.41, 5.74) is 14.1. The second-order valence-electron chi connectivity index (χ2n) is 12.7. The van der Waals surface area contributed by atoms with E-state index in [4.69, 9.17) is 5.53 Å². The largest absolute Gasteiger partial charge is 0.264 e. The molecule has 0 fully saturated rings. The Morgan fingerprint density at radius 2 is 1.26 bits per heavy atom. The number of rotatable bonds is 11. The van der Waals surface area contributed by atoms with E-state index in [9.17, 15) is 25.3 Å². The van der Waals surface area contributed by atoms with E-state index in [2.05, 4.69) is 32.7 Å². The Bertz CT molecular complexity index is 2000. The Morgan fingerprint density at radius 3 is 1.82 bits per heavy atom. The van der Waals surface area contributed by atoms with Crippen LogP contribution in [0.5, 0.6) is 0 Å². The van der Waals surface area contributed by atoms with Crippen LogP contribution in [0.1, 0.15) is 113 Å². The van der Waals surface area contributed by atoms with Crippen LogP contribution in [0.25, 0.3) is 10.4 Å². The molecule has 0 bridgehead atoms. The fourth-order valence-corrected chi connectivity index (χ4v) is 10.3. The first kappa shape index (κ1) is 41.2. The van der Waals surface area contributed by atoms with Crippen LogP contribution in [0.2, 0.25) is 0 Å². The van der Waals surface area contributed by atoms with Gasteiger partial charge in [-0.25, -0.2) is 34.7 Å². The number of nitrogens with one attached hydrogen (secondary N) is 2. The molecule has 0 aromatic heterocycles. The van der Waals surface area contributed by atoms with Crippen LogP contribution in [0.15, 0.2) is 73.8 Å². The number of hydrogen-bond acceptors (Lipinski definition) is 6. The molecule has 2 atom stereocenters. The molecule has 50 heavy (non-hydrogen) atoms. The topological polar surface area (TPSA) is 175 Å². The average Bonchev–Trinajstić information content (AvgIpc) is 3.32. The molecule has 0 aliphatic carbocycles. The highest BCUT2D eigenvalue weighted by Crippen LogP contribution is 2.33. The lowest BCUT2D eigenvalue weighted by atomic mass is 10.0. The normalized spacial score (nSPS) is 18.3. The van der Waals surface area contributed by atoms with Gasteiger partial charge < -0.3 is 0 Å². The number of azide groups is 1. The van der Waals surface area contributed by atoms with E-state index >= 15 is 0 Å². The van der Waals surface area contributed by atoms with E-state index in [-0.39, 0.29) is 17.0 Å². The first-order valence-electron chi connectivity index (χ1n) is 17.4. The van der Waals surface area contributed by atoms with Gasteiger partial charge in [-0.2, -0.15) is 0 Å². The van der Waals surface area contributed by atoms with Crippen molar-refractivity contribution >= 4 is 30.1 Å². The number of fused-ring (bicyclic) bond motifs is 2. The first-order valence-corrected chi connectivity index (χ1v) is 21.8. The number of benzene rings is 3. The third kappa shape index (κ3) is 10.6. The monoisotopic (exact) mass is 745 g/mol. The predicted octanol–water partition coefficient (Wildman–Crippen LogP) is 7.83. The molecule has 0 saturated carbocycles. The summed E-state index contributed by atoms with van der Waals surface area (Å²) in [7, 11) is -10.4. The van der Waals surface area contributed by atoms with Gasteiger partial charge in [0.2, 0.25) is 20.0 Å². The molecule has 2 aliphatic heterocycles. The number of hydrogen-bond donors (Lipinski definition) is 2. The molecule has 0 saturated heterocycles. The molecule has 14 heteroatoms. The fraction of sp³-hybridized carbons (Fsp3) is 0.500. The third-order valence-electron chi connectivity index (χ3n) is 8.44. The van der Waals surface area contributed by atoms with Crippen molar-refractivity contribution in [3.05, 3.63) is 98.4 Å². The van der Waals surface area contributed by atoms with Crippen molar-refractivity contribution in [3.8, 4) is 0 Å². The van der Waals surface area contributed by atoms with Crippen LogP contribution in [0, 0.1) is 0 Å². The lowest BCUT2D eigenvalue weighted by molar-refractivity contribution is 0.543. The molecule has 0 amide bonds. The minimum Gasteiger partial charge on any atom is -0.216 e. The Morgan fingerprint density at radius 1 is 0.740 bits per heavy atom. The molecule has 5 rings (SSSR count). The number of nitrogens with zero attached hydrogens (tertiary/aromatic N) is 3. The molecule has 11 nitrogen and oxygen atoms in total. The van der Waals surface area contributed by atoms with Gasteiger partial charge in [0, 0.05) is 21.5 Å². The van der Waals surface area contributed by atoms with Gasteiger partial charge >= 0.3 is 0 Å². The summed E-state index contributed by atoms with van der Waals surface area (Å²) in [6.45, 7) is 12.1. The van der Waals surface area contributed by atoms with Crippen molar-refractivity contribution in [2.24, 2.45) is 4.52 Å². The van der Waals surface area contributed by atoms with Crippen LogP contribution in [0.4, 0.5) is 0 Å². The van der Waals surface area contributed by atoms with E-state index in [1.165, 1.54) is 0 Å². The van der Waals surface area contributed by atoms with Crippen LogP contribution in [-0.4, -0.2) is 31.3 Å². The third-order valence-corrected chi connectivity index (χ3v) is 12.9. The van der Waals surface area contributed by atoms with E-state index in [0.29, 0.717) is 21.8 Å². The molecule has 0 spiro atoms. The van der Waals surface area contributed by atoms with Gasteiger partial charge in [-0.15, -0.1) is 0 Å². The van der Waals surface area contributed by atoms with Gasteiger partial charge in [0.25, 0.3) is 10.0 Å². The molecular weight excluding hydrogens is 695 g/mol. The van der Waals surface area contributed by atoms with Crippen molar-refractivity contribution in [1.29, 1.82) is 0 Å². The van der Waals surface area contributed by atoms with Crippen LogP contribution < -0.4 is 9.44 Å². The number of aryl methyl sites for hydroxylation is 4. The highest BCUT2D eigenvalue weighted by molar-refractivity contribution is 7.90. The Labute approximate surface area is 299 Å². The molecule has 274 valence electrons. The Kier molecular flexibility index (Phi) is 15.1. The fourth-order valence-electron chi connectivity index (χ4n) is 6.17. The average molecular weight is 746 g/mol. The maximum absolute atomic E-state index is 11.9. The molecule has 2 unspecified atom stereocenters. The maximum atomic E-state index is 11.9. The Balaban J connectivity index is 0.000000203. The molecule has 2 aliphatic rings. The molecule has 2 heterocycles. The molecule has 3 aromatic carbocycles. The summed E-state index contributed by atoms with van der Waals surface area (Å²) in [6, 6.07) is 16.9. The van der Waals surface area contributed by atoms with Gasteiger partial charge in [0.05, 0.1) is 14.7 Å². The van der Waals surface area contributed by atoms with Gasteiger partial charge in [-0.05, 0) is 103 Å². The summed E-state index contributed by atoms with van der Waals surface area (Å²) >= 11 is 0. The highest BCUT2D eigenvalue weighted by Gasteiger charge is 2.32. The predicted molar refractivity (Wildman–Crippen MR) is 198 cm³/mol. The van der Waals surface area contributed by atoms with E-state index in [0.717, 1.165) is 85.6 Å². The summed E-state index contributed by atoms with van der Waals surface area (Å²) in [5, 5.41) is 0. The second-order valence-corrected chi connectivity index (χ2v) is 17.6. The lowest BCUT2D eigenvalue weighted by Gasteiger charge is -2.23. The van der Waals surface area contributed by atoms with Gasteiger partial charge in [0.15, 0.2) is 0 Å². The zero-order valence-electron chi connectivity index (χ0n) is 29.9. The highest BCUT2D eigenvalue weighted by atomic mass is 32.2. The molecule has 0 radical (unpaired) electrons. The van der Waals surface area contributed by atoms with Crippen molar-refractivity contribution in [2.45, 2.75) is 133 Å². The molecular formula is C36H51N5O6S3. The summed E-state index contributed by atoms with van der Waals surface area (Å²) in [4.78, 5) is 3.49. The van der Waals surface area contributed by atoms with E-state index in [1.807, 2.05) is 76.2 Å². The summed E-state index contributed by atoms with van der Waals surface area (Å²) < 4.78 is 79.6. The van der Waals surface area contributed by atoms with Crippen LogP contribution in [-0.2, 0) is 62.2 Å².